The first-order chi connectivity index (χ1) is 14.1. The van der Waals surface area contributed by atoms with Crippen LogP contribution >= 0.6 is 0 Å². The largest absolute Gasteiger partial charge is 0.389 e. The summed E-state index contributed by atoms with van der Waals surface area (Å²) in [6, 6.07) is 0.354. The van der Waals surface area contributed by atoms with Crippen molar-refractivity contribution >= 4 is 5.78 Å². The summed E-state index contributed by atoms with van der Waals surface area (Å²) in [6.45, 7) is 23.4. The third kappa shape index (κ3) is 17.6. The number of ketones is 1. The number of hydrogen-bond acceptors (Lipinski definition) is 6. The molecule has 0 aromatic carbocycles. The Bertz CT molecular complexity index is 486. The predicted molar refractivity (Wildman–Crippen MR) is 125 cm³/mol. The lowest BCUT2D eigenvalue weighted by Crippen LogP contribution is -2.28. The summed E-state index contributed by atoms with van der Waals surface area (Å²) in [5.74, 6) is 0.268. The molecule has 6 nitrogen and oxygen atoms in total. The molecule has 0 aliphatic carbocycles. The number of carbonyl (C=O) groups excluding carboxylic acids is 1. The van der Waals surface area contributed by atoms with Crippen LogP contribution in [0, 0.1) is 5.41 Å². The van der Waals surface area contributed by atoms with Crippen LogP contribution in [0.2, 0.25) is 0 Å². The molecule has 30 heavy (non-hydrogen) atoms. The number of ether oxygens (including phenoxy) is 3. The molecule has 6 heteroatoms. The number of hydrogen-bond donors (Lipinski definition) is 2. The van der Waals surface area contributed by atoms with Gasteiger partial charge in [0.1, 0.15) is 5.78 Å². The Labute approximate surface area is 184 Å². The molecule has 0 aliphatic rings. The zero-order valence-electron chi connectivity index (χ0n) is 20.1. The van der Waals surface area contributed by atoms with Gasteiger partial charge >= 0.3 is 0 Å². The lowest BCUT2D eigenvalue weighted by atomic mass is 9.88. The minimum absolute atomic E-state index is 0.268. The molecule has 1 atom stereocenters. The Morgan fingerprint density at radius 1 is 0.867 bits per heavy atom. The first-order valence-corrected chi connectivity index (χ1v) is 11.2. The number of nitrogens with one attached hydrogen (secondary N) is 2. The molecular weight excluding hydrogens is 380 g/mol. The van der Waals surface area contributed by atoms with Crippen molar-refractivity contribution in [1.82, 2.24) is 10.6 Å². The van der Waals surface area contributed by atoms with E-state index in [0.717, 1.165) is 43.8 Å². The fraction of sp³-hybridized carbons (Fsp3) is 0.792. The summed E-state index contributed by atoms with van der Waals surface area (Å²) >= 11 is 0. The van der Waals surface area contributed by atoms with Crippen LogP contribution in [0.15, 0.2) is 24.4 Å². The summed E-state index contributed by atoms with van der Waals surface area (Å²) < 4.78 is 16.6. The topological polar surface area (TPSA) is 68.8 Å². The van der Waals surface area contributed by atoms with Crippen molar-refractivity contribution in [3.8, 4) is 0 Å². The maximum atomic E-state index is 11.9. The Morgan fingerprint density at radius 2 is 1.37 bits per heavy atom. The van der Waals surface area contributed by atoms with E-state index in [4.69, 9.17) is 14.2 Å². The van der Waals surface area contributed by atoms with Crippen LogP contribution in [0.3, 0.4) is 0 Å². The van der Waals surface area contributed by atoms with E-state index in [2.05, 4.69) is 30.7 Å². The second kappa shape index (κ2) is 17.5. The lowest BCUT2D eigenvalue weighted by molar-refractivity contribution is -0.126. The maximum absolute atomic E-state index is 11.9. The van der Waals surface area contributed by atoms with Gasteiger partial charge < -0.3 is 24.8 Å². The van der Waals surface area contributed by atoms with Crippen LogP contribution in [0.1, 0.15) is 60.3 Å². The van der Waals surface area contributed by atoms with E-state index in [-0.39, 0.29) is 11.2 Å². The highest BCUT2D eigenvalue weighted by Gasteiger charge is 2.20. The van der Waals surface area contributed by atoms with Gasteiger partial charge in [-0.1, -0.05) is 39.5 Å². The Morgan fingerprint density at radius 3 is 1.87 bits per heavy atom. The van der Waals surface area contributed by atoms with E-state index < -0.39 is 0 Å². The Balaban J connectivity index is 3.31. The van der Waals surface area contributed by atoms with Gasteiger partial charge in [0.15, 0.2) is 0 Å². The van der Waals surface area contributed by atoms with Crippen LogP contribution in [0.25, 0.3) is 0 Å². The van der Waals surface area contributed by atoms with Gasteiger partial charge in [-0.25, -0.2) is 0 Å². The third-order valence-corrected chi connectivity index (χ3v) is 4.73. The van der Waals surface area contributed by atoms with Crippen molar-refractivity contribution in [2.45, 2.75) is 66.3 Å². The molecule has 0 rings (SSSR count). The van der Waals surface area contributed by atoms with Gasteiger partial charge in [0.05, 0.1) is 26.4 Å². The molecule has 0 aliphatic heterocycles. The fourth-order valence-corrected chi connectivity index (χ4v) is 2.38. The summed E-state index contributed by atoms with van der Waals surface area (Å²) in [5, 5.41) is 6.65. The molecule has 0 saturated heterocycles. The summed E-state index contributed by atoms with van der Waals surface area (Å²) in [6.07, 6.45) is 3.11. The second-order valence-electron chi connectivity index (χ2n) is 8.77. The zero-order chi connectivity index (χ0) is 22.8. The molecule has 0 aromatic heterocycles. The molecule has 0 fully saturated rings. The van der Waals surface area contributed by atoms with Crippen LogP contribution < -0.4 is 10.6 Å². The Kier molecular flexibility index (Phi) is 16.8. The van der Waals surface area contributed by atoms with E-state index in [0.29, 0.717) is 51.9 Å². The van der Waals surface area contributed by atoms with Crippen molar-refractivity contribution in [2.24, 2.45) is 5.41 Å². The van der Waals surface area contributed by atoms with E-state index in [1.165, 1.54) is 0 Å². The summed E-state index contributed by atoms with van der Waals surface area (Å²) in [7, 11) is 0. The SMILES string of the molecule is C=C(CCC(=O)C(C)(C)C)NCCCOCCOCCOCCCNC(C)C(=C)C. The molecule has 0 spiro atoms. The highest BCUT2D eigenvalue weighted by atomic mass is 16.5. The van der Waals surface area contributed by atoms with E-state index >= 15 is 0 Å². The van der Waals surface area contributed by atoms with Gasteiger partial charge in [-0.15, -0.1) is 0 Å². The van der Waals surface area contributed by atoms with Gasteiger partial charge in [-0.05, 0) is 39.7 Å². The van der Waals surface area contributed by atoms with Crippen molar-refractivity contribution in [2.75, 3.05) is 52.7 Å². The smallest absolute Gasteiger partial charge is 0.138 e. The van der Waals surface area contributed by atoms with Crippen LogP contribution in [-0.4, -0.2) is 64.6 Å². The molecule has 176 valence electrons. The molecule has 2 N–H and O–H groups in total. The van der Waals surface area contributed by atoms with E-state index in [1.807, 2.05) is 27.7 Å². The molecule has 0 radical (unpaired) electrons. The fourth-order valence-electron chi connectivity index (χ4n) is 2.38. The second-order valence-corrected chi connectivity index (χ2v) is 8.77. The molecule has 0 bridgehead atoms. The monoisotopic (exact) mass is 426 g/mol. The quantitative estimate of drug-likeness (QED) is 0.228. The van der Waals surface area contributed by atoms with Crippen molar-refractivity contribution in [3.05, 3.63) is 24.4 Å². The molecule has 0 aromatic rings. The number of allylic oxidation sites excluding steroid dienone is 1. The zero-order valence-corrected chi connectivity index (χ0v) is 20.1. The first kappa shape index (κ1) is 28.8. The highest BCUT2D eigenvalue weighted by Crippen LogP contribution is 2.18. The molecule has 0 saturated carbocycles. The predicted octanol–water partition coefficient (Wildman–Crippen LogP) is 3.87. The standard InChI is InChI=1S/C24H46N2O4/c1-20(2)22(4)26-13-9-15-29-17-19-30-18-16-28-14-8-12-25-21(3)10-11-23(27)24(5,6)7/h22,25-26H,1,3,8-19H2,2,4-7H3. The first-order valence-electron chi connectivity index (χ1n) is 11.2. The highest BCUT2D eigenvalue weighted by molar-refractivity contribution is 5.83. The average molecular weight is 427 g/mol. The van der Waals surface area contributed by atoms with Crippen LogP contribution in [0.4, 0.5) is 0 Å². The van der Waals surface area contributed by atoms with E-state index in [1.54, 1.807) is 0 Å². The van der Waals surface area contributed by atoms with Crippen molar-refractivity contribution < 1.29 is 19.0 Å². The molecule has 1 unspecified atom stereocenters. The Hall–Kier alpha value is -1.21. The average Bonchev–Trinajstić information content (AvgIpc) is 2.67. The summed E-state index contributed by atoms with van der Waals surface area (Å²) in [4.78, 5) is 11.9. The van der Waals surface area contributed by atoms with Gasteiger partial charge in [-0.3, -0.25) is 4.79 Å². The van der Waals surface area contributed by atoms with Gasteiger partial charge in [0, 0.05) is 43.3 Å². The minimum Gasteiger partial charge on any atom is -0.389 e. The van der Waals surface area contributed by atoms with Crippen molar-refractivity contribution in [1.29, 1.82) is 0 Å². The third-order valence-electron chi connectivity index (χ3n) is 4.73. The molecule has 0 heterocycles. The lowest BCUT2D eigenvalue weighted by Gasteiger charge is -2.17. The molecule has 0 amide bonds. The number of rotatable bonds is 20. The van der Waals surface area contributed by atoms with Crippen LogP contribution in [0.5, 0.6) is 0 Å². The maximum Gasteiger partial charge on any atom is 0.138 e. The number of carbonyl (C=O) groups is 1. The van der Waals surface area contributed by atoms with Gasteiger partial charge in [0.25, 0.3) is 0 Å². The summed E-state index contributed by atoms with van der Waals surface area (Å²) in [5.41, 5.74) is 1.79. The van der Waals surface area contributed by atoms with Gasteiger partial charge in [-0.2, -0.15) is 0 Å². The van der Waals surface area contributed by atoms with E-state index in [9.17, 15) is 4.79 Å². The van der Waals surface area contributed by atoms with Crippen LogP contribution in [-0.2, 0) is 19.0 Å². The van der Waals surface area contributed by atoms with Crippen molar-refractivity contribution in [3.63, 3.8) is 0 Å². The van der Waals surface area contributed by atoms with Gasteiger partial charge in [0.2, 0.25) is 0 Å². The molecular formula is C24H46N2O4. The minimum atomic E-state index is -0.275. The number of Topliss-reactive ketones (excluding diaryl/α,β-unsaturated/α-hetero) is 1. The normalized spacial score (nSPS) is 12.6.